The van der Waals surface area contributed by atoms with Gasteiger partial charge in [-0.15, -0.1) is 0 Å². The molecule has 1 aliphatic heterocycles. The quantitative estimate of drug-likeness (QED) is 0.616. The highest BCUT2D eigenvalue weighted by molar-refractivity contribution is 9.10. The van der Waals surface area contributed by atoms with Crippen molar-refractivity contribution in [2.24, 2.45) is 0 Å². The molecule has 1 aromatic heterocycles. The molecule has 6 heteroatoms. The number of amides is 2. The number of rotatable bonds is 2. The average Bonchev–Trinajstić information content (AvgIpc) is 2.66. The molecule has 0 unspecified atom stereocenters. The van der Waals surface area contributed by atoms with Gasteiger partial charge in [-0.1, -0.05) is 33.6 Å². The Labute approximate surface area is 128 Å². The third-order valence-electron chi connectivity index (χ3n) is 3.10. The minimum atomic E-state index is -0.314. The maximum Gasteiger partial charge on any atom is 0.261 e. The number of aromatic nitrogens is 1. The number of hydrogen-bond acceptors (Lipinski definition) is 3. The number of imide groups is 1. The minimum Gasteiger partial charge on any atom is -0.270 e. The average molecular weight is 352 g/mol. The first-order chi connectivity index (χ1) is 9.58. The summed E-state index contributed by atoms with van der Waals surface area (Å²) in [6.45, 7) is 0.122. The molecule has 2 aromatic rings. The van der Waals surface area contributed by atoms with Crippen LogP contribution in [0.15, 0.2) is 41.0 Å². The number of pyridine rings is 1. The molecule has 0 atom stereocenters. The van der Waals surface area contributed by atoms with Gasteiger partial charge in [-0.3, -0.25) is 14.5 Å². The standard InChI is InChI=1S/C14H8BrClN2O2/c15-9-3-4-10-11(6-9)14(20)18(13(10)19)7-8-2-1-5-17-12(8)16/h1-6H,7H2. The summed E-state index contributed by atoms with van der Waals surface area (Å²) in [5.74, 6) is -0.622. The van der Waals surface area contributed by atoms with Crippen LogP contribution in [0.1, 0.15) is 26.3 Å². The van der Waals surface area contributed by atoms with E-state index in [2.05, 4.69) is 20.9 Å². The van der Waals surface area contributed by atoms with E-state index in [0.717, 1.165) is 4.47 Å². The normalized spacial score (nSPS) is 13.8. The van der Waals surface area contributed by atoms with Crippen LogP contribution < -0.4 is 0 Å². The molecule has 4 nitrogen and oxygen atoms in total. The van der Waals surface area contributed by atoms with Gasteiger partial charge < -0.3 is 0 Å². The van der Waals surface area contributed by atoms with Gasteiger partial charge in [-0.2, -0.15) is 0 Å². The van der Waals surface area contributed by atoms with Crippen LogP contribution in [-0.4, -0.2) is 21.7 Å². The van der Waals surface area contributed by atoms with Crippen LogP contribution >= 0.6 is 27.5 Å². The second kappa shape index (κ2) is 5.00. The molecule has 0 aliphatic carbocycles. The largest absolute Gasteiger partial charge is 0.270 e. The van der Waals surface area contributed by atoms with E-state index >= 15 is 0 Å². The van der Waals surface area contributed by atoms with Crippen molar-refractivity contribution in [3.05, 3.63) is 62.8 Å². The van der Waals surface area contributed by atoms with Gasteiger partial charge in [0.2, 0.25) is 0 Å². The molecular formula is C14H8BrClN2O2. The van der Waals surface area contributed by atoms with E-state index in [-0.39, 0.29) is 18.4 Å². The number of benzene rings is 1. The maximum atomic E-state index is 12.3. The Kier molecular flexibility index (Phi) is 3.31. The van der Waals surface area contributed by atoms with Crippen molar-refractivity contribution in [2.45, 2.75) is 6.54 Å². The summed E-state index contributed by atoms with van der Waals surface area (Å²) in [6, 6.07) is 8.50. The van der Waals surface area contributed by atoms with Gasteiger partial charge in [0.15, 0.2) is 0 Å². The molecule has 0 radical (unpaired) electrons. The second-order valence-electron chi connectivity index (χ2n) is 4.34. The number of carbonyl (C=O) groups excluding carboxylic acids is 2. The van der Waals surface area contributed by atoms with Crippen molar-refractivity contribution < 1.29 is 9.59 Å². The Bertz CT molecular complexity index is 733. The molecule has 3 rings (SSSR count). The molecule has 0 spiro atoms. The highest BCUT2D eigenvalue weighted by atomic mass is 79.9. The number of fused-ring (bicyclic) bond motifs is 1. The zero-order valence-electron chi connectivity index (χ0n) is 10.1. The molecular weight excluding hydrogens is 344 g/mol. The van der Waals surface area contributed by atoms with Crippen LogP contribution in [0.4, 0.5) is 0 Å². The van der Waals surface area contributed by atoms with E-state index in [1.165, 1.54) is 4.90 Å². The molecule has 1 aromatic carbocycles. The summed E-state index contributed by atoms with van der Waals surface area (Å²) in [7, 11) is 0. The fraction of sp³-hybridized carbons (Fsp3) is 0.0714. The van der Waals surface area contributed by atoms with Gasteiger partial charge in [-0.25, -0.2) is 4.98 Å². The lowest BCUT2D eigenvalue weighted by molar-refractivity contribution is 0.0642. The van der Waals surface area contributed by atoms with Crippen molar-refractivity contribution in [2.75, 3.05) is 0 Å². The second-order valence-corrected chi connectivity index (χ2v) is 5.61. The fourth-order valence-corrected chi connectivity index (χ4v) is 2.65. The molecule has 20 heavy (non-hydrogen) atoms. The molecule has 0 bridgehead atoms. The van der Waals surface area contributed by atoms with Crippen molar-refractivity contribution in [3.63, 3.8) is 0 Å². The Balaban J connectivity index is 1.96. The Morgan fingerprint density at radius 2 is 1.90 bits per heavy atom. The molecule has 0 saturated heterocycles. The van der Waals surface area contributed by atoms with E-state index in [0.29, 0.717) is 21.8 Å². The molecule has 1 aliphatic rings. The topological polar surface area (TPSA) is 50.3 Å². The number of nitrogens with zero attached hydrogens (tertiary/aromatic N) is 2. The van der Waals surface area contributed by atoms with Crippen molar-refractivity contribution in [3.8, 4) is 0 Å². The lowest BCUT2D eigenvalue weighted by Crippen LogP contribution is -2.29. The van der Waals surface area contributed by atoms with E-state index in [4.69, 9.17) is 11.6 Å². The van der Waals surface area contributed by atoms with Gasteiger partial charge in [0, 0.05) is 16.2 Å². The minimum absolute atomic E-state index is 0.122. The van der Waals surface area contributed by atoms with Gasteiger partial charge in [0.05, 0.1) is 17.7 Å². The Hall–Kier alpha value is -1.72. The molecule has 0 fully saturated rings. The number of halogens is 2. The highest BCUT2D eigenvalue weighted by Gasteiger charge is 2.35. The lowest BCUT2D eigenvalue weighted by atomic mass is 10.1. The van der Waals surface area contributed by atoms with E-state index < -0.39 is 0 Å². The predicted octanol–water partition coefficient (Wildman–Crippen LogP) is 3.29. The fourth-order valence-electron chi connectivity index (χ4n) is 2.11. The summed E-state index contributed by atoms with van der Waals surface area (Å²) in [5.41, 5.74) is 1.46. The summed E-state index contributed by atoms with van der Waals surface area (Å²) in [6.07, 6.45) is 1.56. The smallest absolute Gasteiger partial charge is 0.261 e. The van der Waals surface area contributed by atoms with Crippen LogP contribution in [0, 0.1) is 0 Å². The summed E-state index contributed by atoms with van der Waals surface area (Å²) in [5, 5.41) is 0.297. The zero-order chi connectivity index (χ0) is 14.3. The van der Waals surface area contributed by atoms with Crippen molar-refractivity contribution in [1.82, 2.24) is 9.88 Å². The molecule has 2 heterocycles. The van der Waals surface area contributed by atoms with Crippen molar-refractivity contribution >= 4 is 39.3 Å². The highest BCUT2D eigenvalue weighted by Crippen LogP contribution is 2.28. The zero-order valence-corrected chi connectivity index (χ0v) is 12.5. The summed E-state index contributed by atoms with van der Waals surface area (Å²) in [4.78, 5) is 29.7. The van der Waals surface area contributed by atoms with Gasteiger partial charge in [-0.05, 0) is 24.3 Å². The first-order valence-electron chi connectivity index (χ1n) is 5.83. The van der Waals surface area contributed by atoms with Crippen LogP contribution in [-0.2, 0) is 6.54 Å². The van der Waals surface area contributed by atoms with Crippen LogP contribution in [0.25, 0.3) is 0 Å². The molecule has 0 N–H and O–H groups in total. The number of carbonyl (C=O) groups is 2. The van der Waals surface area contributed by atoms with Gasteiger partial charge >= 0.3 is 0 Å². The third kappa shape index (κ3) is 2.13. The molecule has 100 valence electrons. The summed E-state index contributed by atoms with van der Waals surface area (Å²) >= 11 is 9.26. The van der Waals surface area contributed by atoms with Gasteiger partial charge in [0.1, 0.15) is 5.15 Å². The summed E-state index contributed by atoms with van der Waals surface area (Å²) < 4.78 is 0.763. The SMILES string of the molecule is O=C1c2ccc(Br)cc2C(=O)N1Cc1cccnc1Cl. The van der Waals surface area contributed by atoms with Crippen LogP contribution in [0.3, 0.4) is 0 Å². The lowest BCUT2D eigenvalue weighted by Gasteiger charge is -2.14. The van der Waals surface area contributed by atoms with Gasteiger partial charge in [0.25, 0.3) is 11.8 Å². The van der Waals surface area contributed by atoms with E-state index in [1.54, 1.807) is 36.5 Å². The van der Waals surface area contributed by atoms with E-state index in [9.17, 15) is 9.59 Å². The van der Waals surface area contributed by atoms with Crippen LogP contribution in [0.5, 0.6) is 0 Å². The van der Waals surface area contributed by atoms with E-state index in [1.807, 2.05) is 0 Å². The molecule has 2 amide bonds. The Morgan fingerprint density at radius 3 is 2.65 bits per heavy atom. The maximum absolute atomic E-state index is 12.3. The van der Waals surface area contributed by atoms with Crippen LogP contribution in [0.2, 0.25) is 5.15 Å². The Morgan fingerprint density at radius 1 is 1.15 bits per heavy atom. The predicted molar refractivity (Wildman–Crippen MR) is 77.6 cm³/mol. The first-order valence-corrected chi connectivity index (χ1v) is 7.00. The first kappa shape index (κ1) is 13.3. The number of hydrogen-bond donors (Lipinski definition) is 0. The molecule has 0 saturated carbocycles. The monoisotopic (exact) mass is 350 g/mol. The van der Waals surface area contributed by atoms with Crippen molar-refractivity contribution in [1.29, 1.82) is 0 Å². The third-order valence-corrected chi connectivity index (χ3v) is 3.93.